The quantitative estimate of drug-likeness (QED) is 0.807. The van der Waals surface area contributed by atoms with E-state index in [0.29, 0.717) is 0 Å². The van der Waals surface area contributed by atoms with Gasteiger partial charge in [0.2, 0.25) is 0 Å². The van der Waals surface area contributed by atoms with E-state index >= 15 is 0 Å². The van der Waals surface area contributed by atoms with Crippen LogP contribution in [0, 0.1) is 6.92 Å². The molecule has 3 rings (SSSR count). The first-order valence-corrected chi connectivity index (χ1v) is 8.38. The number of hydrogen-bond donors (Lipinski definition) is 0. The second-order valence-electron chi connectivity index (χ2n) is 6.51. The molecule has 1 unspecified atom stereocenters. The van der Waals surface area contributed by atoms with E-state index in [1.807, 2.05) is 0 Å². The average Bonchev–Trinajstić information content (AvgIpc) is 2.74. The number of aryl methyl sites for hydroxylation is 1. The Bertz CT molecular complexity index is 423. The Morgan fingerprint density at radius 3 is 2.55 bits per heavy atom. The number of piperidine rings is 1. The van der Waals surface area contributed by atoms with Crippen LogP contribution in [-0.4, -0.2) is 37.1 Å². The van der Waals surface area contributed by atoms with Crippen LogP contribution in [0.3, 0.4) is 0 Å². The molecule has 0 radical (unpaired) electrons. The fraction of sp³-hybridized carbons (Fsp3) is 0.667. The Labute approximate surface area is 123 Å². The van der Waals surface area contributed by atoms with Gasteiger partial charge in [0.25, 0.3) is 0 Å². The lowest BCUT2D eigenvalue weighted by molar-refractivity contribution is 0.152. The van der Waals surface area contributed by atoms with Crippen molar-refractivity contribution in [3.8, 4) is 0 Å². The second kappa shape index (κ2) is 6.62. The maximum absolute atomic E-state index is 2.77. The van der Waals surface area contributed by atoms with Gasteiger partial charge in [-0.1, -0.05) is 18.6 Å². The first-order valence-electron chi connectivity index (χ1n) is 8.38. The number of likely N-dealkylation sites (tertiary alicyclic amines) is 1. The number of anilines is 1. The zero-order valence-electron chi connectivity index (χ0n) is 12.9. The van der Waals surface area contributed by atoms with Gasteiger partial charge in [-0.25, -0.2) is 0 Å². The molecule has 0 spiro atoms. The molecule has 2 nitrogen and oxygen atoms in total. The normalized spacial score (nSPS) is 25.4. The van der Waals surface area contributed by atoms with Crippen LogP contribution in [0.15, 0.2) is 24.3 Å². The van der Waals surface area contributed by atoms with Gasteiger partial charge in [-0.15, -0.1) is 0 Å². The van der Waals surface area contributed by atoms with Gasteiger partial charge in [-0.3, -0.25) is 0 Å². The van der Waals surface area contributed by atoms with E-state index in [-0.39, 0.29) is 0 Å². The summed E-state index contributed by atoms with van der Waals surface area (Å²) < 4.78 is 0. The predicted molar refractivity (Wildman–Crippen MR) is 86.5 cm³/mol. The first kappa shape index (κ1) is 13.9. The van der Waals surface area contributed by atoms with E-state index in [1.54, 1.807) is 0 Å². The molecular weight excluding hydrogens is 244 g/mol. The summed E-state index contributed by atoms with van der Waals surface area (Å²) in [6.07, 6.45) is 8.35. The molecule has 1 aromatic rings. The van der Waals surface area contributed by atoms with E-state index in [1.165, 1.54) is 76.0 Å². The molecule has 0 amide bonds. The van der Waals surface area contributed by atoms with Gasteiger partial charge in [-0.2, -0.15) is 0 Å². The SMILES string of the molecule is Cc1cccc(N2CCCC(N3CCCCC3)CC2)c1. The van der Waals surface area contributed by atoms with Gasteiger partial charge >= 0.3 is 0 Å². The van der Waals surface area contributed by atoms with Crippen LogP contribution in [-0.2, 0) is 0 Å². The number of rotatable bonds is 2. The van der Waals surface area contributed by atoms with E-state index in [4.69, 9.17) is 0 Å². The van der Waals surface area contributed by atoms with Crippen LogP contribution < -0.4 is 4.90 Å². The van der Waals surface area contributed by atoms with E-state index in [9.17, 15) is 0 Å². The Hall–Kier alpha value is -1.02. The first-order chi connectivity index (χ1) is 9.83. The molecule has 0 bridgehead atoms. The van der Waals surface area contributed by atoms with E-state index in [2.05, 4.69) is 41.0 Å². The van der Waals surface area contributed by atoms with Crippen molar-refractivity contribution in [2.45, 2.75) is 51.5 Å². The zero-order valence-corrected chi connectivity index (χ0v) is 12.9. The van der Waals surface area contributed by atoms with Gasteiger partial charge in [-0.05, 0) is 69.8 Å². The van der Waals surface area contributed by atoms with Crippen molar-refractivity contribution in [1.29, 1.82) is 0 Å². The summed E-state index contributed by atoms with van der Waals surface area (Å²) in [6.45, 7) is 7.33. The molecule has 2 aliphatic heterocycles. The molecule has 0 N–H and O–H groups in total. The molecule has 2 fully saturated rings. The van der Waals surface area contributed by atoms with Gasteiger partial charge in [0.1, 0.15) is 0 Å². The molecule has 0 saturated carbocycles. The van der Waals surface area contributed by atoms with Crippen molar-refractivity contribution in [1.82, 2.24) is 4.90 Å². The molecular formula is C18H28N2. The Morgan fingerprint density at radius 2 is 1.75 bits per heavy atom. The van der Waals surface area contributed by atoms with Crippen LogP contribution in [0.4, 0.5) is 5.69 Å². The molecule has 2 heterocycles. The third kappa shape index (κ3) is 3.35. The summed E-state index contributed by atoms with van der Waals surface area (Å²) in [6, 6.07) is 9.83. The molecule has 20 heavy (non-hydrogen) atoms. The number of nitrogens with zero attached hydrogens (tertiary/aromatic N) is 2. The predicted octanol–water partition coefficient (Wildman–Crippen LogP) is 3.84. The highest BCUT2D eigenvalue weighted by Crippen LogP contribution is 2.24. The lowest BCUT2D eigenvalue weighted by Gasteiger charge is -2.34. The fourth-order valence-corrected chi connectivity index (χ4v) is 3.81. The Kier molecular flexibility index (Phi) is 4.62. The molecule has 2 saturated heterocycles. The van der Waals surface area contributed by atoms with Crippen LogP contribution in [0.2, 0.25) is 0 Å². The highest BCUT2D eigenvalue weighted by Gasteiger charge is 2.23. The maximum Gasteiger partial charge on any atom is 0.0368 e. The monoisotopic (exact) mass is 272 g/mol. The minimum absolute atomic E-state index is 0.838. The number of benzene rings is 1. The topological polar surface area (TPSA) is 6.48 Å². The summed E-state index contributed by atoms with van der Waals surface area (Å²) in [5.41, 5.74) is 2.80. The van der Waals surface area contributed by atoms with Crippen molar-refractivity contribution in [3.05, 3.63) is 29.8 Å². The molecule has 2 heteroatoms. The average molecular weight is 272 g/mol. The highest BCUT2D eigenvalue weighted by atomic mass is 15.2. The zero-order chi connectivity index (χ0) is 13.8. The molecule has 1 aromatic carbocycles. The standard InChI is InChI=1S/C18H28N2/c1-16-7-5-8-18(15-16)20-13-6-9-17(10-14-20)19-11-3-2-4-12-19/h5,7-8,15,17H,2-4,6,9-14H2,1H3. The lowest BCUT2D eigenvalue weighted by Crippen LogP contribution is -2.39. The molecule has 0 aromatic heterocycles. The van der Waals surface area contributed by atoms with Crippen LogP contribution >= 0.6 is 0 Å². The second-order valence-corrected chi connectivity index (χ2v) is 6.51. The summed E-state index contributed by atoms with van der Waals surface area (Å²) in [5, 5.41) is 0. The summed E-state index contributed by atoms with van der Waals surface area (Å²) in [4.78, 5) is 5.36. The molecule has 110 valence electrons. The van der Waals surface area contributed by atoms with Gasteiger partial charge < -0.3 is 9.80 Å². The van der Waals surface area contributed by atoms with E-state index in [0.717, 1.165) is 6.04 Å². The van der Waals surface area contributed by atoms with Crippen LogP contribution in [0.5, 0.6) is 0 Å². The summed E-state index contributed by atoms with van der Waals surface area (Å²) >= 11 is 0. The maximum atomic E-state index is 2.77. The van der Waals surface area contributed by atoms with Gasteiger partial charge in [0, 0.05) is 24.8 Å². The van der Waals surface area contributed by atoms with Crippen molar-refractivity contribution >= 4 is 5.69 Å². The fourth-order valence-electron chi connectivity index (χ4n) is 3.81. The summed E-state index contributed by atoms with van der Waals surface area (Å²) in [7, 11) is 0. The Morgan fingerprint density at radius 1 is 0.900 bits per heavy atom. The largest absolute Gasteiger partial charge is 0.371 e. The van der Waals surface area contributed by atoms with Crippen molar-refractivity contribution < 1.29 is 0 Å². The van der Waals surface area contributed by atoms with Gasteiger partial charge in [0.15, 0.2) is 0 Å². The molecule has 2 aliphatic rings. The van der Waals surface area contributed by atoms with Crippen LogP contribution in [0.25, 0.3) is 0 Å². The van der Waals surface area contributed by atoms with Crippen molar-refractivity contribution in [2.75, 3.05) is 31.1 Å². The third-order valence-corrected chi connectivity index (χ3v) is 4.97. The molecule has 1 atom stereocenters. The van der Waals surface area contributed by atoms with Crippen molar-refractivity contribution in [3.63, 3.8) is 0 Å². The smallest absolute Gasteiger partial charge is 0.0368 e. The van der Waals surface area contributed by atoms with Crippen LogP contribution in [0.1, 0.15) is 44.1 Å². The molecule has 0 aliphatic carbocycles. The van der Waals surface area contributed by atoms with Gasteiger partial charge in [0.05, 0.1) is 0 Å². The third-order valence-electron chi connectivity index (χ3n) is 4.97. The lowest BCUT2D eigenvalue weighted by atomic mass is 10.0. The van der Waals surface area contributed by atoms with E-state index < -0.39 is 0 Å². The van der Waals surface area contributed by atoms with Crippen molar-refractivity contribution in [2.24, 2.45) is 0 Å². The summed E-state index contributed by atoms with van der Waals surface area (Å²) in [5.74, 6) is 0. The highest BCUT2D eigenvalue weighted by molar-refractivity contribution is 5.48. The number of hydrogen-bond acceptors (Lipinski definition) is 2. The minimum atomic E-state index is 0.838. The minimum Gasteiger partial charge on any atom is -0.371 e. The Balaban J connectivity index is 1.61.